The van der Waals surface area contributed by atoms with Crippen molar-refractivity contribution in [3.05, 3.63) is 0 Å². The van der Waals surface area contributed by atoms with Crippen LogP contribution in [0.4, 0.5) is 9.59 Å². The molecule has 4 amide bonds. The van der Waals surface area contributed by atoms with E-state index in [1.807, 2.05) is 0 Å². The number of nitrogens with zero attached hydrogens (tertiary/aromatic N) is 3. The Balaban J connectivity index is 2.01. The molecule has 11 heavy (non-hydrogen) atoms. The van der Waals surface area contributed by atoms with E-state index in [1.165, 1.54) is 0 Å². The number of urea groups is 2. The Hall–Kier alpha value is -1.30. The van der Waals surface area contributed by atoms with E-state index < -0.39 is 12.1 Å². The van der Waals surface area contributed by atoms with E-state index in [0.717, 1.165) is 4.90 Å². The molecule has 2 aliphatic rings. The van der Waals surface area contributed by atoms with Crippen LogP contribution >= 0.6 is 0 Å². The number of epoxide rings is 1. The largest absolute Gasteiger partial charge is 0.371 e. The summed E-state index contributed by atoms with van der Waals surface area (Å²) in [5, 5.41) is 6.17. The second-order valence-electron chi connectivity index (χ2n) is 2.33. The molecule has 0 radical (unpaired) electrons. The van der Waals surface area contributed by atoms with E-state index in [1.54, 1.807) is 0 Å². The molecule has 2 rings (SSSR count). The van der Waals surface area contributed by atoms with E-state index >= 15 is 0 Å². The molecule has 0 aromatic carbocycles. The molecule has 1 saturated heterocycles. The van der Waals surface area contributed by atoms with E-state index in [9.17, 15) is 9.59 Å². The van der Waals surface area contributed by atoms with Gasteiger partial charge < -0.3 is 4.74 Å². The van der Waals surface area contributed by atoms with Crippen molar-refractivity contribution in [2.24, 2.45) is 10.2 Å². The molecule has 2 heterocycles. The van der Waals surface area contributed by atoms with Gasteiger partial charge in [-0.1, -0.05) is 10.2 Å². The molecule has 1 fully saturated rings. The van der Waals surface area contributed by atoms with Gasteiger partial charge in [0, 0.05) is 0 Å². The number of ether oxygens (including phenoxy) is 1. The van der Waals surface area contributed by atoms with Crippen molar-refractivity contribution in [2.75, 3.05) is 13.2 Å². The van der Waals surface area contributed by atoms with Crippen molar-refractivity contribution < 1.29 is 14.3 Å². The molecule has 1 atom stereocenters. The predicted molar refractivity (Wildman–Crippen MR) is 32.1 cm³/mol. The molecule has 0 N–H and O–H groups in total. The van der Waals surface area contributed by atoms with Crippen molar-refractivity contribution in [3.8, 4) is 0 Å². The van der Waals surface area contributed by atoms with Crippen molar-refractivity contribution in [1.29, 1.82) is 0 Å². The van der Waals surface area contributed by atoms with Crippen LogP contribution in [0.3, 0.4) is 0 Å². The van der Waals surface area contributed by atoms with Gasteiger partial charge in [-0.15, -0.1) is 0 Å². The predicted octanol–water partition coefficient (Wildman–Crippen LogP) is 0.393. The van der Waals surface area contributed by atoms with Crippen molar-refractivity contribution in [3.63, 3.8) is 0 Å². The van der Waals surface area contributed by atoms with E-state index in [4.69, 9.17) is 4.74 Å². The maximum atomic E-state index is 10.7. The van der Waals surface area contributed by atoms with Gasteiger partial charge in [-0.25, -0.2) is 14.5 Å². The highest BCUT2D eigenvalue weighted by Crippen LogP contribution is 2.15. The average Bonchev–Trinajstić information content (AvgIpc) is 2.73. The van der Waals surface area contributed by atoms with Gasteiger partial charge >= 0.3 is 12.1 Å². The quantitative estimate of drug-likeness (QED) is 0.541. The van der Waals surface area contributed by atoms with Gasteiger partial charge in [-0.05, 0) is 0 Å². The molecule has 0 aromatic heterocycles. The highest BCUT2D eigenvalue weighted by atomic mass is 16.6. The normalized spacial score (nSPS) is 28.4. The third kappa shape index (κ3) is 1.12. The molecule has 1 unspecified atom stereocenters. The number of hydrogen-bond acceptors (Lipinski definition) is 3. The number of rotatable bonds is 2. The Morgan fingerprint density at radius 2 is 2.00 bits per heavy atom. The van der Waals surface area contributed by atoms with Crippen molar-refractivity contribution >= 4 is 12.1 Å². The van der Waals surface area contributed by atoms with Crippen LogP contribution in [-0.2, 0) is 4.74 Å². The fraction of sp³-hybridized carbons (Fsp3) is 0.600. The molecule has 2 aliphatic heterocycles. The Kier molecular flexibility index (Phi) is 1.22. The Morgan fingerprint density at radius 1 is 1.45 bits per heavy atom. The maximum absolute atomic E-state index is 10.7. The van der Waals surface area contributed by atoms with E-state index in [-0.39, 0.29) is 12.6 Å². The van der Waals surface area contributed by atoms with Crippen LogP contribution in [0.5, 0.6) is 0 Å². The fourth-order valence-corrected chi connectivity index (χ4v) is 0.809. The molecule has 0 spiro atoms. The van der Waals surface area contributed by atoms with Crippen LogP contribution in [0.25, 0.3) is 0 Å². The Labute approximate surface area is 61.8 Å². The van der Waals surface area contributed by atoms with Crippen LogP contribution in [0.15, 0.2) is 10.2 Å². The summed E-state index contributed by atoms with van der Waals surface area (Å²) in [5.41, 5.74) is 0. The van der Waals surface area contributed by atoms with Gasteiger partial charge in [-0.3, -0.25) is 0 Å². The highest BCUT2D eigenvalue weighted by molar-refractivity contribution is 5.98. The molecular formula is C5H5N3O3. The summed E-state index contributed by atoms with van der Waals surface area (Å²) in [4.78, 5) is 22.4. The summed E-state index contributed by atoms with van der Waals surface area (Å²) in [6.07, 6.45) is 0.00593. The number of carbonyl (C=O) groups excluding carboxylic acids is 2. The molecule has 0 aromatic rings. The number of carbonyl (C=O) groups is 2. The first-order valence-corrected chi connectivity index (χ1v) is 3.16. The number of azo groups is 1. The number of amides is 4. The monoisotopic (exact) mass is 155 g/mol. The first-order valence-electron chi connectivity index (χ1n) is 3.16. The third-order valence-corrected chi connectivity index (χ3v) is 1.47. The third-order valence-electron chi connectivity index (χ3n) is 1.47. The second kappa shape index (κ2) is 2.09. The lowest BCUT2D eigenvalue weighted by molar-refractivity contribution is 0.201. The van der Waals surface area contributed by atoms with E-state index in [0.29, 0.717) is 6.61 Å². The van der Waals surface area contributed by atoms with Crippen LogP contribution < -0.4 is 0 Å². The summed E-state index contributed by atoms with van der Waals surface area (Å²) in [7, 11) is 0. The lowest BCUT2D eigenvalue weighted by Gasteiger charge is -2.06. The van der Waals surface area contributed by atoms with Gasteiger partial charge in [0.2, 0.25) is 0 Å². The van der Waals surface area contributed by atoms with Gasteiger partial charge in [0.05, 0.1) is 19.3 Å². The van der Waals surface area contributed by atoms with Gasteiger partial charge in [0.25, 0.3) is 0 Å². The molecule has 0 bridgehead atoms. The van der Waals surface area contributed by atoms with Crippen LogP contribution in [-0.4, -0.2) is 36.2 Å². The zero-order chi connectivity index (χ0) is 7.84. The minimum absolute atomic E-state index is 0.00593. The minimum Gasteiger partial charge on any atom is -0.371 e. The zero-order valence-electron chi connectivity index (χ0n) is 5.56. The molecule has 58 valence electrons. The van der Waals surface area contributed by atoms with Crippen molar-refractivity contribution in [2.45, 2.75) is 6.10 Å². The Bertz CT molecular complexity index is 227. The van der Waals surface area contributed by atoms with E-state index in [2.05, 4.69) is 10.2 Å². The smallest absolute Gasteiger partial charge is 0.370 e. The molecule has 6 heteroatoms. The summed E-state index contributed by atoms with van der Waals surface area (Å²) in [6.45, 7) is 0.891. The summed E-state index contributed by atoms with van der Waals surface area (Å²) < 4.78 is 4.84. The topological polar surface area (TPSA) is 74.6 Å². The van der Waals surface area contributed by atoms with Crippen LogP contribution in [0, 0.1) is 0 Å². The first kappa shape index (κ1) is 6.41. The fourth-order valence-electron chi connectivity index (χ4n) is 0.809. The molecule has 0 aliphatic carbocycles. The van der Waals surface area contributed by atoms with Gasteiger partial charge in [0.1, 0.15) is 0 Å². The second-order valence-corrected chi connectivity index (χ2v) is 2.33. The van der Waals surface area contributed by atoms with Crippen molar-refractivity contribution in [1.82, 2.24) is 4.90 Å². The number of imide groups is 1. The zero-order valence-corrected chi connectivity index (χ0v) is 5.56. The average molecular weight is 155 g/mol. The molecule has 0 saturated carbocycles. The van der Waals surface area contributed by atoms with Gasteiger partial charge in [-0.2, -0.15) is 0 Å². The lowest BCUT2D eigenvalue weighted by atomic mass is 10.4. The maximum Gasteiger partial charge on any atom is 0.370 e. The van der Waals surface area contributed by atoms with Gasteiger partial charge in [0.15, 0.2) is 0 Å². The Morgan fingerprint density at radius 3 is 2.45 bits per heavy atom. The summed E-state index contributed by atoms with van der Waals surface area (Å²) in [6, 6.07) is -1.18. The lowest BCUT2D eigenvalue weighted by Crippen LogP contribution is -2.31. The summed E-state index contributed by atoms with van der Waals surface area (Å²) in [5.74, 6) is 0. The minimum atomic E-state index is -0.592. The van der Waals surface area contributed by atoms with Crippen LogP contribution in [0.2, 0.25) is 0 Å². The van der Waals surface area contributed by atoms with Crippen LogP contribution in [0.1, 0.15) is 0 Å². The highest BCUT2D eigenvalue weighted by Gasteiger charge is 2.34. The number of hydrogen-bond donors (Lipinski definition) is 0. The standard InChI is InChI=1S/C5H5N3O3/c9-4-6-7-5(10)8(4)1-3-2-11-3/h3H,1-2H2. The SMILES string of the molecule is O=C1N=NC(=O)N1CC1CO1. The molecule has 6 nitrogen and oxygen atoms in total. The molecular weight excluding hydrogens is 150 g/mol. The summed E-state index contributed by atoms with van der Waals surface area (Å²) >= 11 is 0. The first-order chi connectivity index (χ1) is 5.27.